The second kappa shape index (κ2) is 6.01. The first kappa shape index (κ1) is 15.8. The highest BCUT2D eigenvalue weighted by atomic mass is 19.4. The molecular formula is C14H17F4N3. The van der Waals surface area contributed by atoms with Crippen LogP contribution in [-0.2, 0) is 6.54 Å². The second-order valence-corrected chi connectivity index (χ2v) is 5.28. The van der Waals surface area contributed by atoms with E-state index in [1.807, 2.05) is 0 Å². The Labute approximate surface area is 120 Å². The third-order valence-corrected chi connectivity index (χ3v) is 3.81. The zero-order chi connectivity index (χ0) is 15.6. The molecule has 3 N–H and O–H groups in total. The topological polar surface area (TPSA) is 53.1 Å². The minimum atomic E-state index is -4.15. The number of halogens is 4. The Hall–Kier alpha value is -1.63. The molecule has 21 heavy (non-hydrogen) atoms. The third-order valence-electron chi connectivity index (χ3n) is 3.81. The first-order valence-corrected chi connectivity index (χ1v) is 6.70. The monoisotopic (exact) mass is 303 g/mol. The van der Waals surface area contributed by atoms with Crippen molar-refractivity contribution in [3.05, 3.63) is 35.1 Å². The van der Waals surface area contributed by atoms with Crippen molar-refractivity contribution in [3.8, 4) is 0 Å². The minimum Gasteiger partial charge on any atom is -0.384 e. The van der Waals surface area contributed by atoms with E-state index < -0.39 is 17.9 Å². The summed E-state index contributed by atoms with van der Waals surface area (Å²) in [5, 5.41) is 7.29. The Bertz CT molecular complexity index is 519. The molecule has 1 aromatic rings. The Morgan fingerprint density at radius 1 is 1.29 bits per heavy atom. The van der Waals surface area contributed by atoms with Crippen molar-refractivity contribution >= 4 is 5.84 Å². The molecule has 0 unspecified atom stereocenters. The smallest absolute Gasteiger partial charge is 0.384 e. The van der Waals surface area contributed by atoms with Crippen LogP contribution in [0.5, 0.6) is 0 Å². The molecule has 1 heterocycles. The first-order valence-electron chi connectivity index (χ1n) is 6.70. The highest BCUT2D eigenvalue weighted by molar-refractivity contribution is 5.95. The lowest BCUT2D eigenvalue weighted by atomic mass is 9.96. The molecule has 2 rings (SSSR count). The van der Waals surface area contributed by atoms with Crippen molar-refractivity contribution < 1.29 is 17.6 Å². The minimum absolute atomic E-state index is 0.0256. The highest BCUT2D eigenvalue weighted by Crippen LogP contribution is 2.34. The summed E-state index contributed by atoms with van der Waals surface area (Å²) in [6, 6.07) is 4.58. The Balaban J connectivity index is 2.01. The first-order chi connectivity index (χ1) is 9.79. The number of nitrogen functional groups attached to an aromatic ring is 1. The molecule has 0 atom stereocenters. The van der Waals surface area contributed by atoms with Crippen LogP contribution >= 0.6 is 0 Å². The molecule has 116 valence electrons. The molecule has 1 aliphatic heterocycles. The Kier molecular flexibility index (Phi) is 4.51. The summed E-state index contributed by atoms with van der Waals surface area (Å²) in [7, 11) is 0. The number of nitrogens with zero attached hydrogens (tertiary/aromatic N) is 1. The van der Waals surface area contributed by atoms with Gasteiger partial charge in [0.1, 0.15) is 11.7 Å². The van der Waals surface area contributed by atoms with Gasteiger partial charge in [-0.15, -0.1) is 0 Å². The fourth-order valence-electron chi connectivity index (χ4n) is 2.57. The Morgan fingerprint density at radius 2 is 1.90 bits per heavy atom. The maximum absolute atomic E-state index is 14.1. The summed E-state index contributed by atoms with van der Waals surface area (Å²) < 4.78 is 51.9. The van der Waals surface area contributed by atoms with E-state index in [9.17, 15) is 17.6 Å². The highest BCUT2D eigenvalue weighted by Gasteiger charge is 2.41. The van der Waals surface area contributed by atoms with Crippen molar-refractivity contribution in [2.24, 2.45) is 11.7 Å². The number of benzene rings is 1. The predicted octanol–water partition coefficient (Wildman–Crippen LogP) is 2.88. The molecule has 0 aromatic heterocycles. The number of nitrogens with one attached hydrogen (secondary N) is 1. The van der Waals surface area contributed by atoms with Gasteiger partial charge in [-0.1, -0.05) is 12.1 Å². The molecule has 0 bridgehead atoms. The fraction of sp³-hybridized carbons (Fsp3) is 0.500. The molecule has 0 spiro atoms. The molecule has 1 saturated heterocycles. The number of amidine groups is 1. The van der Waals surface area contributed by atoms with E-state index in [1.54, 1.807) is 17.0 Å². The van der Waals surface area contributed by atoms with Crippen LogP contribution in [0.15, 0.2) is 18.2 Å². The van der Waals surface area contributed by atoms with Crippen LogP contribution in [0.3, 0.4) is 0 Å². The lowest BCUT2D eigenvalue weighted by Crippen LogP contribution is -2.38. The van der Waals surface area contributed by atoms with E-state index in [4.69, 9.17) is 11.1 Å². The van der Waals surface area contributed by atoms with Gasteiger partial charge in [0.2, 0.25) is 0 Å². The van der Waals surface area contributed by atoms with E-state index >= 15 is 0 Å². The summed E-state index contributed by atoms with van der Waals surface area (Å²) in [6.07, 6.45) is -4.07. The van der Waals surface area contributed by atoms with E-state index in [2.05, 4.69) is 0 Å². The second-order valence-electron chi connectivity index (χ2n) is 5.28. The molecule has 7 heteroatoms. The van der Waals surface area contributed by atoms with Crippen LogP contribution in [0.25, 0.3) is 0 Å². The van der Waals surface area contributed by atoms with Gasteiger partial charge in [-0.25, -0.2) is 4.39 Å². The van der Waals surface area contributed by atoms with Gasteiger partial charge in [0.25, 0.3) is 0 Å². The maximum Gasteiger partial charge on any atom is 0.391 e. The summed E-state index contributed by atoms with van der Waals surface area (Å²) in [4.78, 5) is 1.80. The van der Waals surface area contributed by atoms with Gasteiger partial charge >= 0.3 is 6.18 Å². The van der Waals surface area contributed by atoms with Gasteiger partial charge in [-0.3, -0.25) is 10.3 Å². The maximum atomic E-state index is 14.1. The van der Waals surface area contributed by atoms with Gasteiger partial charge in [-0.2, -0.15) is 13.2 Å². The third kappa shape index (κ3) is 3.72. The predicted molar refractivity (Wildman–Crippen MR) is 71.5 cm³/mol. The molecule has 1 fully saturated rings. The van der Waals surface area contributed by atoms with E-state index in [-0.39, 0.29) is 43.9 Å². The normalized spacial score (nSPS) is 17.9. The lowest BCUT2D eigenvalue weighted by Gasteiger charge is -2.33. The zero-order valence-electron chi connectivity index (χ0n) is 11.4. The quantitative estimate of drug-likeness (QED) is 0.512. The number of rotatable bonds is 3. The molecular weight excluding hydrogens is 286 g/mol. The largest absolute Gasteiger partial charge is 0.391 e. The number of nitrogens with two attached hydrogens (primary N) is 1. The van der Waals surface area contributed by atoms with Gasteiger partial charge in [0.15, 0.2) is 0 Å². The molecule has 0 aliphatic carbocycles. The zero-order valence-corrected chi connectivity index (χ0v) is 11.4. The van der Waals surface area contributed by atoms with Crippen LogP contribution in [-0.4, -0.2) is 30.0 Å². The van der Waals surface area contributed by atoms with Gasteiger partial charge < -0.3 is 5.73 Å². The molecule has 0 saturated carbocycles. The molecule has 0 amide bonds. The molecule has 1 aliphatic rings. The van der Waals surface area contributed by atoms with E-state index in [1.165, 1.54) is 6.07 Å². The summed E-state index contributed by atoms with van der Waals surface area (Å²) in [5.41, 5.74) is 5.67. The molecule has 0 radical (unpaired) electrons. The lowest BCUT2D eigenvalue weighted by molar-refractivity contribution is -0.185. The van der Waals surface area contributed by atoms with Crippen molar-refractivity contribution in [3.63, 3.8) is 0 Å². The number of piperidine rings is 1. The summed E-state index contributed by atoms with van der Waals surface area (Å²) in [5.74, 6) is -2.18. The number of hydrogen-bond donors (Lipinski definition) is 2. The van der Waals surface area contributed by atoms with Gasteiger partial charge in [0, 0.05) is 12.1 Å². The van der Waals surface area contributed by atoms with Crippen molar-refractivity contribution in [2.75, 3.05) is 13.1 Å². The standard InChI is InChI=1S/C14H17F4N3/c15-12-9(2-1-3-11(12)13(19)20)8-21-6-4-10(5-7-21)14(16,17)18/h1-3,10H,4-8H2,(H3,19,20). The van der Waals surface area contributed by atoms with Crippen molar-refractivity contribution in [1.29, 1.82) is 5.41 Å². The number of likely N-dealkylation sites (tertiary alicyclic amines) is 1. The Morgan fingerprint density at radius 3 is 2.43 bits per heavy atom. The van der Waals surface area contributed by atoms with Crippen molar-refractivity contribution in [2.45, 2.75) is 25.6 Å². The average molecular weight is 303 g/mol. The van der Waals surface area contributed by atoms with Crippen LogP contribution in [0.4, 0.5) is 17.6 Å². The summed E-state index contributed by atoms with van der Waals surface area (Å²) in [6.45, 7) is 0.805. The van der Waals surface area contributed by atoms with Crippen LogP contribution in [0, 0.1) is 17.1 Å². The number of alkyl halides is 3. The van der Waals surface area contributed by atoms with Crippen LogP contribution < -0.4 is 5.73 Å². The molecule has 1 aromatic carbocycles. The van der Waals surface area contributed by atoms with Crippen LogP contribution in [0.1, 0.15) is 24.0 Å². The SMILES string of the molecule is N=C(N)c1cccc(CN2CCC(C(F)(F)F)CC2)c1F. The fourth-order valence-corrected chi connectivity index (χ4v) is 2.57. The summed E-state index contributed by atoms with van der Waals surface area (Å²) >= 11 is 0. The van der Waals surface area contributed by atoms with Crippen molar-refractivity contribution in [1.82, 2.24) is 4.90 Å². The van der Waals surface area contributed by atoms with Crippen LogP contribution in [0.2, 0.25) is 0 Å². The van der Waals surface area contributed by atoms with Gasteiger partial charge in [0.05, 0.1) is 11.5 Å². The number of hydrogen-bond acceptors (Lipinski definition) is 2. The van der Waals surface area contributed by atoms with E-state index in [0.29, 0.717) is 5.56 Å². The average Bonchev–Trinajstić information content (AvgIpc) is 2.40. The van der Waals surface area contributed by atoms with Gasteiger partial charge in [-0.05, 0) is 32.0 Å². The van der Waals surface area contributed by atoms with E-state index in [0.717, 1.165) is 0 Å². The molecule has 3 nitrogen and oxygen atoms in total.